The van der Waals surface area contributed by atoms with Crippen molar-refractivity contribution in [2.75, 3.05) is 0 Å². The van der Waals surface area contributed by atoms with Crippen LogP contribution in [0, 0.1) is 11.8 Å². The Kier molecular flexibility index (Phi) is 2.25. The molecular weight excluding hydrogens is 204 g/mol. The van der Waals surface area contributed by atoms with Gasteiger partial charge in [-0.05, 0) is 20.3 Å². The van der Waals surface area contributed by atoms with Gasteiger partial charge in [-0.15, -0.1) is 0 Å². The molecule has 0 spiro atoms. The topological polar surface area (TPSA) is 38.7 Å². The third-order valence-electron chi connectivity index (χ3n) is 3.76. The maximum Gasteiger partial charge on any atom is 0.164 e. The molecule has 1 fully saturated rings. The second-order valence-corrected chi connectivity index (χ2v) is 5.35. The number of hydrogen-bond acceptors (Lipinski definition) is 3. The molecule has 0 radical (unpaired) electrons. The number of rotatable bonds is 0. The van der Waals surface area contributed by atoms with Gasteiger partial charge in [0.15, 0.2) is 5.79 Å². The highest BCUT2D eigenvalue weighted by molar-refractivity contribution is 5.17. The first-order valence-electron chi connectivity index (χ1n) is 5.95. The molecule has 88 valence electrons. The van der Waals surface area contributed by atoms with E-state index in [9.17, 15) is 5.11 Å². The smallest absolute Gasteiger partial charge is 0.164 e. The average molecular weight is 222 g/mol. The first-order chi connectivity index (χ1) is 7.57. The van der Waals surface area contributed by atoms with E-state index in [0.29, 0.717) is 0 Å². The molecule has 1 aliphatic heterocycles. The van der Waals surface area contributed by atoms with Crippen LogP contribution in [0.5, 0.6) is 0 Å². The summed E-state index contributed by atoms with van der Waals surface area (Å²) in [7, 11) is 0. The van der Waals surface area contributed by atoms with Gasteiger partial charge in [-0.2, -0.15) is 0 Å². The van der Waals surface area contributed by atoms with Crippen molar-refractivity contribution in [3.8, 4) is 0 Å². The van der Waals surface area contributed by atoms with Gasteiger partial charge in [0.25, 0.3) is 0 Å². The van der Waals surface area contributed by atoms with E-state index in [-0.39, 0.29) is 30.1 Å². The van der Waals surface area contributed by atoms with Crippen molar-refractivity contribution >= 4 is 0 Å². The fourth-order valence-corrected chi connectivity index (χ4v) is 3.11. The van der Waals surface area contributed by atoms with Gasteiger partial charge in [0.05, 0.1) is 18.3 Å². The lowest BCUT2D eigenvalue weighted by Crippen LogP contribution is -2.56. The Bertz CT molecular complexity index is 345. The molecule has 1 heterocycles. The van der Waals surface area contributed by atoms with Crippen LogP contribution >= 0.6 is 0 Å². The van der Waals surface area contributed by atoms with Gasteiger partial charge < -0.3 is 14.6 Å². The van der Waals surface area contributed by atoms with Crippen molar-refractivity contribution in [2.24, 2.45) is 11.8 Å². The largest absolute Gasteiger partial charge is 0.389 e. The van der Waals surface area contributed by atoms with Gasteiger partial charge >= 0.3 is 0 Å². The summed E-state index contributed by atoms with van der Waals surface area (Å²) in [5, 5.41) is 9.96. The Hall–Kier alpha value is -0.640. The molecule has 2 unspecified atom stereocenters. The van der Waals surface area contributed by atoms with Crippen molar-refractivity contribution in [3.63, 3.8) is 0 Å². The van der Waals surface area contributed by atoms with Crippen LogP contribution in [0.15, 0.2) is 24.3 Å². The van der Waals surface area contributed by atoms with Gasteiger partial charge in [0.1, 0.15) is 0 Å². The molecular formula is C13H18O3. The van der Waals surface area contributed by atoms with Crippen LogP contribution in [0.1, 0.15) is 20.3 Å². The van der Waals surface area contributed by atoms with Gasteiger partial charge in [-0.1, -0.05) is 24.3 Å². The van der Waals surface area contributed by atoms with Crippen molar-refractivity contribution in [2.45, 2.75) is 44.4 Å². The number of allylic oxidation sites excluding steroid dienone is 1. The lowest BCUT2D eigenvalue weighted by molar-refractivity contribution is -0.313. The van der Waals surface area contributed by atoms with E-state index in [1.165, 1.54) is 0 Å². The summed E-state index contributed by atoms with van der Waals surface area (Å²) < 4.78 is 11.8. The predicted octanol–water partition coefficient (Wildman–Crippen LogP) is 1.63. The molecule has 1 saturated heterocycles. The molecule has 1 N–H and O–H groups in total. The van der Waals surface area contributed by atoms with Crippen LogP contribution < -0.4 is 0 Å². The molecule has 2 aliphatic carbocycles. The number of hydrogen-bond donors (Lipinski definition) is 1. The summed E-state index contributed by atoms with van der Waals surface area (Å²) >= 11 is 0. The standard InChI is InChI=1S/C13H18O3/c1-13(2)15-10-5-3-4-8-9(14)6-7-11(16-13)12(8)10/h3,5-12,14H,4H2,1-2H3/t8?,9-,10-,11+,12?/m0/s1. The fraction of sp³-hybridized carbons (Fsp3) is 0.692. The zero-order valence-corrected chi connectivity index (χ0v) is 9.67. The van der Waals surface area contributed by atoms with Crippen LogP contribution in [-0.4, -0.2) is 29.2 Å². The molecule has 0 amide bonds. The van der Waals surface area contributed by atoms with E-state index in [1.807, 2.05) is 26.0 Å². The van der Waals surface area contributed by atoms with Gasteiger partial charge in [-0.3, -0.25) is 0 Å². The highest BCUT2D eigenvalue weighted by atomic mass is 16.7. The van der Waals surface area contributed by atoms with E-state index in [1.54, 1.807) is 0 Å². The summed E-state index contributed by atoms with van der Waals surface area (Å²) in [5.74, 6) is -0.0378. The molecule has 3 nitrogen and oxygen atoms in total. The lowest BCUT2D eigenvalue weighted by atomic mass is 9.71. The minimum absolute atomic E-state index is 0.0760. The van der Waals surface area contributed by atoms with E-state index < -0.39 is 5.79 Å². The zero-order chi connectivity index (χ0) is 11.3. The Morgan fingerprint density at radius 1 is 1.12 bits per heavy atom. The summed E-state index contributed by atoms with van der Waals surface area (Å²) in [6.07, 6.45) is 8.79. The Balaban J connectivity index is 1.97. The highest BCUT2D eigenvalue weighted by Gasteiger charge is 2.48. The maximum absolute atomic E-state index is 9.96. The first-order valence-corrected chi connectivity index (χ1v) is 5.95. The molecule has 0 bridgehead atoms. The zero-order valence-electron chi connectivity index (χ0n) is 9.67. The monoisotopic (exact) mass is 222 g/mol. The number of aliphatic hydroxyl groups is 1. The average Bonchev–Trinajstić information content (AvgIpc) is 2.21. The van der Waals surface area contributed by atoms with Gasteiger partial charge in [0, 0.05) is 11.8 Å². The van der Waals surface area contributed by atoms with Gasteiger partial charge in [0.2, 0.25) is 0 Å². The van der Waals surface area contributed by atoms with E-state index >= 15 is 0 Å². The normalized spacial score (nSPS) is 48.8. The quantitative estimate of drug-likeness (QED) is 0.633. The lowest BCUT2D eigenvalue weighted by Gasteiger charge is -2.50. The molecule has 3 aliphatic rings. The van der Waals surface area contributed by atoms with Crippen molar-refractivity contribution < 1.29 is 14.6 Å². The molecule has 0 aromatic heterocycles. The SMILES string of the molecule is CC1(C)O[C@H]2C=CCC3C2[C@@H](C=C[C@@H]3O)O1. The molecule has 5 atom stereocenters. The molecule has 0 saturated carbocycles. The fourth-order valence-electron chi connectivity index (χ4n) is 3.11. The predicted molar refractivity (Wildman–Crippen MR) is 59.7 cm³/mol. The third kappa shape index (κ3) is 1.54. The second-order valence-electron chi connectivity index (χ2n) is 5.35. The van der Waals surface area contributed by atoms with Crippen LogP contribution in [-0.2, 0) is 9.47 Å². The minimum Gasteiger partial charge on any atom is -0.389 e. The van der Waals surface area contributed by atoms with Gasteiger partial charge in [-0.25, -0.2) is 0 Å². The van der Waals surface area contributed by atoms with Crippen molar-refractivity contribution in [1.82, 2.24) is 0 Å². The van der Waals surface area contributed by atoms with E-state index in [4.69, 9.17) is 9.47 Å². The minimum atomic E-state index is -0.537. The van der Waals surface area contributed by atoms with Crippen molar-refractivity contribution in [3.05, 3.63) is 24.3 Å². The first kappa shape index (κ1) is 10.5. The molecule has 3 heteroatoms. The summed E-state index contributed by atoms with van der Waals surface area (Å²) in [6, 6.07) is 0. The van der Waals surface area contributed by atoms with Crippen LogP contribution in [0.2, 0.25) is 0 Å². The molecule has 16 heavy (non-hydrogen) atoms. The van der Waals surface area contributed by atoms with Crippen LogP contribution in [0.3, 0.4) is 0 Å². The van der Waals surface area contributed by atoms with E-state index in [2.05, 4.69) is 12.2 Å². The van der Waals surface area contributed by atoms with Crippen LogP contribution in [0.4, 0.5) is 0 Å². The third-order valence-corrected chi connectivity index (χ3v) is 3.76. The number of aliphatic hydroxyl groups excluding tert-OH is 1. The second kappa shape index (κ2) is 3.42. The van der Waals surface area contributed by atoms with Crippen molar-refractivity contribution in [1.29, 1.82) is 0 Å². The molecule has 0 aromatic rings. The summed E-state index contributed by atoms with van der Waals surface area (Å²) in [6.45, 7) is 3.89. The van der Waals surface area contributed by atoms with E-state index in [0.717, 1.165) is 6.42 Å². The molecule has 0 aromatic carbocycles. The Labute approximate surface area is 95.7 Å². The Morgan fingerprint density at radius 2 is 1.81 bits per heavy atom. The Morgan fingerprint density at radius 3 is 2.56 bits per heavy atom. The summed E-state index contributed by atoms with van der Waals surface area (Å²) in [5.41, 5.74) is 0. The number of ether oxygens (including phenoxy) is 2. The van der Waals surface area contributed by atoms with Crippen LogP contribution in [0.25, 0.3) is 0 Å². The molecule has 3 rings (SSSR count). The highest BCUT2D eigenvalue weighted by Crippen LogP contribution is 2.43. The summed E-state index contributed by atoms with van der Waals surface area (Å²) in [4.78, 5) is 0. The maximum atomic E-state index is 9.96.